The molecule has 104 heavy (non-hydrogen) atoms. The van der Waals surface area contributed by atoms with Crippen LogP contribution in [0.2, 0.25) is 0 Å². The van der Waals surface area contributed by atoms with Crippen LogP contribution in [-0.4, -0.2) is 9.13 Å². The van der Waals surface area contributed by atoms with Crippen molar-refractivity contribution in [3.8, 4) is 22.5 Å². The van der Waals surface area contributed by atoms with E-state index in [9.17, 15) is 0 Å². The highest BCUT2D eigenvalue weighted by Crippen LogP contribution is 2.43. The lowest BCUT2D eigenvalue weighted by molar-refractivity contribution is 0.669. The number of para-hydroxylation sites is 5. The minimum Gasteiger partial charge on any atom is -0.456 e. The molecule has 4 aromatic heterocycles. The van der Waals surface area contributed by atoms with E-state index in [2.05, 4.69) is 361 Å². The maximum absolute atomic E-state index is 6.76. The molecule has 4 nitrogen and oxygen atoms in total. The summed E-state index contributed by atoms with van der Waals surface area (Å²) >= 11 is 0. The van der Waals surface area contributed by atoms with Gasteiger partial charge in [-0.25, -0.2) is 0 Å². The number of hydrogen-bond donors (Lipinski definition) is 0. The van der Waals surface area contributed by atoms with E-state index in [-0.39, 0.29) is 0 Å². The standard InChI is InChI=1S/C100H60N2O2/c1-2-11-78(12-3-1)101-89-18-7-4-13-81(89)85-57-61(29-45-91(85)101)21-25-65-49-70-33-35-72-51-66(52-73-36-34-71(50-65)96(70)97(72)73)26-22-62-30-46-92-86(58-62)82-14-5-8-19-90(82)102(92)79-43-41-69(42-44-79)80-16-10-17-84-88-60-64(32-48-95(88)104-100(80)84)24-28-68-55-76-39-37-74-53-67(54-75-38-40-77(56-68)99(76)98(74)75)27-23-63-31-47-94-87(59-63)83-15-6-9-20-93(83)103-94/h1-60H/b25-21?,26-22+,27-23+,28-24+. The lowest BCUT2D eigenvalue weighted by Gasteiger charge is -2.13. The fraction of sp³-hybridized carbons (Fsp3) is 0. The van der Waals surface area contributed by atoms with Crippen LogP contribution in [0.15, 0.2) is 324 Å². The molecular weight excluding hydrogens is 1260 g/mol. The van der Waals surface area contributed by atoms with E-state index < -0.39 is 0 Å². The number of hydrogen-bond acceptors (Lipinski definition) is 2. The first-order chi connectivity index (χ1) is 51.4. The Hall–Kier alpha value is -13.8. The highest BCUT2D eigenvalue weighted by molar-refractivity contribution is 6.26. The maximum atomic E-state index is 6.76. The van der Waals surface area contributed by atoms with Crippen LogP contribution < -0.4 is 0 Å². The Kier molecular flexibility index (Phi) is 12.8. The van der Waals surface area contributed by atoms with E-state index >= 15 is 0 Å². The number of rotatable bonds is 11. The summed E-state index contributed by atoms with van der Waals surface area (Å²) in [5, 5.41) is 24.6. The summed E-state index contributed by atoms with van der Waals surface area (Å²) < 4.78 is 17.6. The summed E-state index contributed by atoms with van der Waals surface area (Å²) in [7, 11) is 0. The molecule has 0 aliphatic heterocycles. The zero-order valence-electron chi connectivity index (χ0n) is 56.4. The minimum absolute atomic E-state index is 0.872. The molecule has 0 saturated carbocycles. The van der Waals surface area contributed by atoms with Gasteiger partial charge in [-0.15, -0.1) is 0 Å². The fourth-order valence-electron chi connectivity index (χ4n) is 17.0. The first kappa shape index (κ1) is 58.0. The molecule has 0 aliphatic rings. The Balaban J connectivity index is 0.509. The molecule has 4 heterocycles. The average Bonchev–Trinajstić information content (AvgIpc) is 1.67. The molecule has 0 amide bonds. The number of fused-ring (bicyclic) bond motifs is 12. The van der Waals surface area contributed by atoms with Crippen LogP contribution in [0, 0.1) is 0 Å². The summed E-state index contributed by atoms with van der Waals surface area (Å²) in [6.45, 7) is 0. The van der Waals surface area contributed by atoms with Crippen molar-refractivity contribution in [2.45, 2.75) is 0 Å². The Labute approximate surface area is 597 Å². The summed E-state index contributed by atoms with van der Waals surface area (Å²) in [6.07, 6.45) is 17.9. The van der Waals surface area contributed by atoms with Gasteiger partial charge in [0.15, 0.2) is 0 Å². The number of benzene rings is 18. The van der Waals surface area contributed by atoms with Gasteiger partial charge in [-0.3, -0.25) is 0 Å². The molecule has 0 unspecified atom stereocenters. The van der Waals surface area contributed by atoms with Crippen molar-refractivity contribution in [1.29, 1.82) is 0 Å². The SMILES string of the molecule is C(=Cc1ccc2c(c1)c1ccccc1n2-c1ccccc1)c1cc2ccc3cc(/C=C/c4ccc5c(c4)c4ccccc4n5-c4ccc(-c5cccc6c5oc5ccc(/C=C/c7cc8ccc9cc(/C=C/c%10ccc%11oc%12ccccc%12c%11c%10)cc%10ccc(c7)c8c9%10)cc56)cc4)cc4ccc(c1)c2c34. The van der Waals surface area contributed by atoms with E-state index in [1.807, 2.05) is 12.1 Å². The van der Waals surface area contributed by atoms with Crippen molar-refractivity contribution < 1.29 is 8.83 Å². The Morgan fingerprint density at radius 2 is 0.538 bits per heavy atom. The highest BCUT2D eigenvalue weighted by Gasteiger charge is 2.19. The predicted molar refractivity (Wildman–Crippen MR) is 444 cm³/mol. The van der Waals surface area contributed by atoms with Crippen LogP contribution in [0.5, 0.6) is 0 Å². The third-order valence-electron chi connectivity index (χ3n) is 21.8. The zero-order valence-corrected chi connectivity index (χ0v) is 56.4. The van der Waals surface area contributed by atoms with E-state index in [1.54, 1.807) is 0 Å². The number of aromatic nitrogens is 2. The van der Waals surface area contributed by atoms with Crippen molar-refractivity contribution >= 4 is 201 Å². The van der Waals surface area contributed by atoms with Gasteiger partial charge in [0, 0.05) is 60.0 Å². The molecule has 4 heteroatoms. The van der Waals surface area contributed by atoms with Gasteiger partial charge in [0.25, 0.3) is 0 Å². The lowest BCUT2D eigenvalue weighted by atomic mass is 9.91. The monoisotopic (exact) mass is 1320 g/mol. The molecule has 0 radical (unpaired) electrons. The van der Waals surface area contributed by atoms with E-state index in [0.717, 1.165) is 82.9 Å². The second-order valence-electron chi connectivity index (χ2n) is 28.0. The van der Waals surface area contributed by atoms with Gasteiger partial charge in [-0.2, -0.15) is 0 Å². The largest absolute Gasteiger partial charge is 0.456 e. The van der Waals surface area contributed by atoms with Crippen molar-refractivity contribution in [1.82, 2.24) is 9.13 Å². The van der Waals surface area contributed by atoms with E-state index in [0.29, 0.717) is 0 Å². The number of nitrogens with zero attached hydrogens (tertiary/aromatic N) is 2. The molecule has 18 aromatic carbocycles. The van der Waals surface area contributed by atoms with Crippen molar-refractivity contribution in [2.24, 2.45) is 0 Å². The maximum Gasteiger partial charge on any atom is 0.143 e. The van der Waals surface area contributed by atoms with Crippen molar-refractivity contribution in [3.05, 3.63) is 360 Å². The Bertz CT molecular complexity index is 7320. The molecule has 0 saturated heterocycles. The Morgan fingerprint density at radius 1 is 0.202 bits per heavy atom. The summed E-state index contributed by atoms with van der Waals surface area (Å²) in [6, 6.07) is 115. The quantitative estimate of drug-likeness (QED) is 0.0956. The molecule has 0 N–H and O–H groups in total. The normalized spacial score (nSPS) is 12.7. The smallest absolute Gasteiger partial charge is 0.143 e. The van der Waals surface area contributed by atoms with Crippen LogP contribution in [-0.2, 0) is 0 Å². The molecule has 22 rings (SSSR count). The predicted octanol–water partition coefficient (Wildman–Crippen LogP) is 27.8. The van der Waals surface area contributed by atoms with E-state index in [1.165, 1.54) is 136 Å². The molecule has 22 aromatic rings. The van der Waals surface area contributed by atoms with Gasteiger partial charge in [-0.1, -0.05) is 225 Å². The van der Waals surface area contributed by atoms with Gasteiger partial charge in [-0.05, 0) is 254 Å². The first-order valence-corrected chi connectivity index (χ1v) is 35.7. The van der Waals surface area contributed by atoms with Gasteiger partial charge in [0.1, 0.15) is 22.3 Å². The zero-order chi connectivity index (χ0) is 68.1. The minimum atomic E-state index is 0.872. The molecule has 0 atom stereocenters. The molecule has 0 fully saturated rings. The fourth-order valence-corrected chi connectivity index (χ4v) is 17.0. The topological polar surface area (TPSA) is 36.1 Å². The van der Waals surface area contributed by atoms with Crippen LogP contribution in [0.1, 0.15) is 44.5 Å². The molecule has 482 valence electrons. The van der Waals surface area contributed by atoms with Gasteiger partial charge >= 0.3 is 0 Å². The van der Waals surface area contributed by atoms with Crippen LogP contribution in [0.25, 0.3) is 223 Å². The average molecular weight is 1320 g/mol. The van der Waals surface area contributed by atoms with Crippen molar-refractivity contribution in [2.75, 3.05) is 0 Å². The first-order valence-electron chi connectivity index (χ1n) is 35.7. The van der Waals surface area contributed by atoms with Gasteiger partial charge < -0.3 is 18.0 Å². The third kappa shape index (κ3) is 9.39. The van der Waals surface area contributed by atoms with Crippen LogP contribution in [0.3, 0.4) is 0 Å². The van der Waals surface area contributed by atoms with E-state index in [4.69, 9.17) is 8.83 Å². The number of furan rings is 2. The summed E-state index contributed by atoms with van der Waals surface area (Å²) in [4.78, 5) is 0. The second kappa shape index (κ2) is 22.9. The second-order valence-corrected chi connectivity index (χ2v) is 28.0. The van der Waals surface area contributed by atoms with Crippen molar-refractivity contribution in [3.63, 3.8) is 0 Å². The molecule has 0 bridgehead atoms. The Morgan fingerprint density at radius 3 is 1.00 bits per heavy atom. The molecule has 0 aliphatic carbocycles. The summed E-state index contributed by atoms with van der Waals surface area (Å²) in [5.41, 5.74) is 22.1. The van der Waals surface area contributed by atoms with Crippen LogP contribution in [0.4, 0.5) is 0 Å². The van der Waals surface area contributed by atoms with Gasteiger partial charge in [0.2, 0.25) is 0 Å². The molecule has 0 spiro atoms. The third-order valence-corrected chi connectivity index (χ3v) is 21.8. The highest BCUT2D eigenvalue weighted by atomic mass is 16.3. The summed E-state index contributed by atoms with van der Waals surface area (Å²) in [5.74, 6) is 0. The molecular formula is C100H60N2O2. The lowest BCUT2D eigenvalue weighted by Crippen LogP contribution is -1.93. The van der Waals surface area contributed by atoms with Gasteiger partial charge in [0.05, 0.1) is 22.1 Å². The van der Waals surface area contributed by atoms with Crippen LogP contribution >= 0.6 is 0 Å².